The van der Waals surface area contributed by atoms with Crippen LogP contribution in [0.15, 0.2) is 47.4 Å². The number of benzene rings is 2. The maximum atomic E-state index is 13.1. The molecule has 1 heterocycles. The molecule has 0 radical (unpaired) electrons. The van der Waals surface area contributed by atoms with E-state index in [1.807, 2.05) is 36.4 Å². The molecule has 2 saturated carbocycles. The van der Waals surface area contributed by atoms with Crippen molar-refractivity contribution in [1.82, 2.24) is 9.21 Å². The van der Waals surface area contributed by atoms with Crippen molar-refractivity contribution in [3.8, 4) is 0 Å². The van der Waals surface area contributed by atoms with E-state index in [9.17, 15) is 8.42 Å². The van der Waals surface area contributed by atoms with Gasteiger partial charge in [0.2, 0.25) is 10.0 Å². The number of piperazine rings is 1. The summed E-state index contributed by atoms with van der Waals surface area (Å²) in [6, 6.07) is 14.1. The maximum absolute atomic E-state index is 13.1. The van der Waals surface area contributed by atoms with Gasteiger partial charge in [-0.15, -0.1) is 0 Å². The average Bonchev–Trinajstić information content (AvgIpc) is 3.31. The summed E-state index contributed by atoms with van der Waals surface area (Å²) in [6.07, 6.45) is 5.53. The van der Waals surface area contributed by atoms with Gasteiger partial charge in [0.25, 0.3) is 0 Å². The van der Waals surface area contributed by atoms with Gasteiger partial charge in [-0.05, 0) is 54.0 Å². The van der Waals surface area contributed by atoms with E-state index in [1.54, 1.807) is 10.4 Å². The van der Waals surface area contributed by atoms with E-state index in [0.29, 0.717) is 24.0 Å². The summed E-state index contributed by atoms with van der Waals surface area (Å²) < 4.78 is 27.9. The van der Waals surface area contributed by atoms with E-state index < -0.39 is 10.0 Å². The van der Waals surface area contributed by atoms with Gasteiger partial charge in [0, 0.05) is 32.2 Å². The minimum atomic E-state index is -3.40. The number of hydrogen-bond donors (Lipinski definition) is 0. The van der Waals surface area contributed by atoms with Crippen molar-refractivity contribution in [2.45, 2.75) is 36.6 Å². The molecule has 3 aliphatic rings. The number of fused-ring (bicyclic) bond motifs is 3. The zero-order valence-electron chi connectivity index (χ0n) is 15.0. The maximum Gasteiger partial charge on any atom is 0.243 e. The second-order valence-electron chi connectivity index (χ2n) is 8.19. The fraction of sp³-hybridized carbons (Fsp3) is 0.524. The Balaban J connectivity index is 1.31. The lowest BCUT2D eigenvalue weighted by Gasteiger charge is -2.40. The number of rotatable bonds is 3. The Bertz CT molecular complexity index is 919. The first-order valence-electron chi connectivity index (χ1n) is 9.84. The average molecular weight is 371 g/mol. The Morgan fingerprint density at radius 3 is 2.31 bits per heavy atom. The number of sulfonamides is 1. The molecule has 4 nitrogen and oxygen atoms in total. The fourth-order valence-electron chi connectivity index (χ4n) is 5.41. The van der Waals surface area contributed by atoms with E-state index in [1.165, 1.54) is 25.7 Å². The van der Waals surface area contributed by atoms with Crippen LogP contribution in [0.4, 0.5) is 0 Å². The van der Waals surface area contributed by atoms with E-state index in [0.717, 1.165) is 35.7 Å². The SMILES string of the molecule is O=S(=O)(c1ccc2ccccc2c1)N1CCN([C@@H]2C[C@@H]3CC[C@@H]2C3)CC1. The number of nitrogens with zero attached hydrogens (tertiary/aromatic N) is 2. The minimum Gasteiger partial charge on any atom is -0.297 e. The molecule has 2 aliphatic carbocycles. The van der Waals surface area contributed by atoms with Gasteiger partial charge in [0.05, 0.1) is 4.90 Å². The van der Waals surface area contributed by atoms with Gasteiger partial charge < -0.3 is 0 Å². The van der Waals surface area contributed by atoms with Gasteiger partial charge >= 0.3 is 0 Å². The smallest absolute Gasteiger partial charge is 0.243 e. The highest BCUT2D eigenvalue weighted by Crippen LogP contribution is 2.46. The third-order valence-corrected chi connectivity index (χ3v) is 8.70. The highest BCUT2D eigenvalue weighted by Gasteiger charge is 2.43. The summed E-state index contributed by atoms with van der Waals surface area (Å²) in [5.74, 6) is 1.80. The standard InChI is InChI=1S/C21H26N2O2S/c24-26(25,20-8-7-17-3-1-2-4-18(17)15-20)23-11-9-22(10-12-23)21-14-16-5-6-19(21)13-16/h1-4,7-8,15-16,19,21H,5-6,9-14H2/t16-,19-,21-/m1/s1. The fourth-order valence-corrected chi connectivity index (χ4v) is 6.87. The van der Waals surface area contributed by atoms with Crippen molar-refractivity contribution in [1.29, 1.82) is 0 Å². The molecule has 1 saturated heterocycles. The second kappa shape index (κ2) is 6.32. The molecule has 0 aromatic heterocycles. The zero-order valence-corrected chi connectivity index (χ0v) is 15.9. The Hall–Kier alpha value is -1.43. The molecule has 0 N–H and O–H groups in total. The summed E-state index contributed by atoms with van der Waals surface area (Å²) >= 11 is 0. The second-order valence-corrected chi connectivity index (χ2v) is 10.1. The van der Waals surface area contributed by atoms with Gasteiger partial charge in [-0.25, -0.2) is 8.42 Å². The van der Waals surface area contributed by atoms with Crippen LogP contribution in [0.5, 0.6) is 0 Å². The lowest BCUT2D eigenvalue weighted by molar-refractivity contribution is 0.101. The Labute approximate surface area is 155 Å². The van der Waals surface area contributed by atoms with Crippen LogP contribution >= 0.6 is 0 Å². The van der Waals surface area contributed by atoms with Crippen LogP contribution < -0.4 is 0 Å². The molecule has 26 heavy (non-hydrogen) atoms. The molecule has 3 fully saturated rings. The molecule has 5 heteroatoms. The Morgan fingerprint density at radius 1 is 0.846 bits per heavy atom. The molecule has 0 spiro atoms. The minimum absolute atomic E-state index is 0.421. The van der Waals surface area contributed by atoms with Gasteiger partial charge in [0.15, 0.2) is 0 Å². The zero-order chi connectivity index (χ0) is 17.7. The third-order valence-electron chi connectivity index (χ3n) is 6.80. The summed E-state index contributed by atoms with van der Waals surface area (Å²) in [4.78, 5) is 2.99. The van der Waals surface area contributed by atoms with E-state index in [4.69, 9.17) is 0 Å². The predicted octanol–water partition coefficient (Wildman–Crippen LogP) is 3.33. The van der Waals surface area contributed by atoms with Crippen molar-refractivity contribution in [2.75, 3.05) is 26.2 Å². The quantitative estimate of drug-likeness (QED) is 0.832. The molecule has 2 aromatic carbocycles. The highest BCUT2D eigenvalue weighted by atomic mass is 32.2. The first-order valence-corrected chi connectivity index (χ1v) is 11.3. The Morgan fingerprint density at radius 2 is 1.62 bits per heavy atom. The van der Waals surface area contributed by atoms with Crippen LogP contribution in [0, 0.1) is 11.8 Å². The number of hydrogen-bond acceptors (Lipinski definition) is 3. The summed E-state index contributed by atoms with van der Waals surface area (Å²) in [5.41, 5.74) is 0. The van der Waals surface area contributed by atoms with Crippen LogP contribution in [-0.4, -0.2) is 49.8 Å². The lowest BCUT2D eigenvalue weighted by Crippen LogP contribution is -2.53. The van der Waals surface area contributed by atoms with Gasteiger partial charge in [-0.3, -0.25) is 4.90 Å². The first kappa shape index (κ1) is 16.7. The molecule has 1 aliphatic heterocycles. The van der Waals surface area contributed by atoms with Crippen LogP contribution in [0.1, 0.15) is 25.7 Å². The molecule has 2 bridgehead atoms. The molecule has 2 aromatic rings. The molecular formula is C21H26N2O2S. The first-order chi connectivity index (χ1) is 12.6. The van der Waals surface area contributed by atoms with Crippen LogP contribution in [0.2, 0.25) is 0 Å². The molecule has 3 atom stereocenters. The monoisotopic (exact) mass is 370 g/mol. The Kier molecular flexibility index (Phi) is 4.07. The molecular weight excluding hydrogens is 344 g/mol. The lowest BCUT2D eigenvalue weighted by atomic mass is 9.93. The molecule has 5 rings (SSSR count). The van der Waals surface area contributed by atoms with E-state index in [2.05, 4.69) is 4.90 Å². The van der Waals surface area contributed by atoms with Crippen LogP contribution in [0.3, 0.4) is 0 Å². The van der Waals surface area contributed by atoms with Crippen molar-refractivity contribution < 1.29 is 8.42 Å². The molecule has 0 amide bonds. The van der Waals surface area contributed by atoms with Gasteiger partial charge in [-0.1, -0.05) is 36.8 Å². The third kappa shape index (κ3) is 2.77. The van der Waals surface area contributed by atoms with Gasteiger partial charge in [-0.2, -0.15) is 4.31 Å². The normalized spacial score (nSPS) is 30.2. The summed E-state index contributed by atoms with van der Waals surface area (Å²) in [6.45, 7) is 2.98. The van der Waals surface area contributed by atoms with Crippen molar-refractivity contribution in [3.05, 3.63) is 42.5 Å². The topological polar surface area (TPSA) is 40.6 Å². The van der Waals surface area contributed by atoms with E-state index in [-0.39, 0.29) is 0 Å². The van der Waals surface area contributed by atoms with Crippen LogP contribution in [0.25, 0.3) is 10.8 Å². The van der Waals surface area contributed by atoms with E-state index >= 15 is 0 Å². The summed E-state index contributed by atoms with van der Waals surface area (Å²) in [5, 5.41) is 2.06. The van der Waals surface area contributed by atoms with Crippen molar-refractivity contribution in [2.24, 2.45) is 11.8 Å². The summed E-state index contributed by atoms with van der Waals surface area (Å²) in [7, 11) is -3.40. The molecule has 0 unspecified atom stereocenters. The van der Waals surface area contributed by atoms with Crippen LogP contribution in [-0.2, 0) is 10.0 Å². The molecule has 138 valence electrons. The predicted molar refractivity (Wildman–Crippen MR) is 104 cm³/mol. The van der Waals surface area contributed by atoms with Gasteiger partial charge in [0.1, 0.15) is 0 Å². The van der Waals surface area contributed by atoms with Crippen molar-refractivity contribution >= 4 is 20.8 Å². The largest absolute Gasteiger partial charge is 0.297 e. The highest BCUT2D eigenvalue weighted by molar-refractivity contribution is 7.89. The van der Waals surface area contributed by atoms with Crippen molar-refractivity contribution in [3.63, 3.8) is 0 Å².